The van der Waals surface area contributed by atoms with Gasteiger partial charge in [-0.2, -0.15) is 0 Å². The van der Waals surface area contributed by atoms with Gasteiger partial charge in [-0.3, -0.25) is 10.1 Å². The molecule has 0 saturated heterocycles. The Morgan fingerprint density at radius 3 is 2.32 bits per heavy atom. The minimum Gasteiger partial charge on any atom is -0.494 e. The summed E-state index contributed by atoms with van der Waals surface area (Å²) < 4.78 is 29.0. The van der Waals surface area contributed by atoms with E-state index in [1.165, 1.54) is 44.6 Å². The van der Waals surface area contributed by atoms with Crippen LogP contribution in [-0.2, 0) is 6.61 Å². The van der Waals surface area contributed by atoms with E-state index >= 15 is 0 Å². The lowest BCUT2D eigenvalue weighted by Gasteiger charge is -2.11. The van der Waals surface area contributed by atoms with Gasteiger partial charge >= 0.3 is 0 Å². The molecule has 0 aliphatic rings. The van der Waals surface area contributed by atoms with E-state index in [-0.39, 0.29) is 23.8 Å². The van der Waals surface area contributed by atoms with Gasteiger partial charge in [-0.15, -0.1) is 0 Å². The van der Waals surface area contributed by atoms with E-state index in [1.54, 1.807) is 6.07 Å². The number of halogens is 1. The van der Waals surface area contributed by atoms with Crippen LogP contribution in [0.4, 0.5) is 10.1 Å². The lowest BCUT2D eigenvalue weighted by atomic mass is 10.2. The first kappa shape index (κ1) is 15.6. The highest BCUT2D eigenvalue weighted by Gasteiger charge is 2.13. The topological polar surface area (TPSA) is 70.8 Å². The molecule has 22 heavy (non-hydrogen) atoms. The molecule has 2 rings (SSSR count). The van der Waals surface area contributed by atoms with E-state index in [9.17, 15) is 14.5 Å². The Labute approximate surface area is 126 Å². The predicted molar refractivity (Wildman–Crippen MR) is 76.9 cm³/mol. The molecule has 0 radical (unpaired) electrons. The maximum Gasteiger partial charge on any atom is 0.273 e. The predicted octanol–water partition coefficient (Wildman–Crippen LogP) is 3.33. The fourth-order valence-corrected chi connectivity index (χ4v) is 1.85. The van der Waals surface area contributed by atoms with Crippen molar-refractivity contribution in [2.75, 3.05) is 14.2 Å². The fourth-order valence-electron chi connectivity index (χ4n) is 1.85. The third-order valence-corrected chi connectivity index (χ3v) is 2.97. The fraction of sp³-hybridized carbons (Fsp3) is 0.200. The molecule has 0 N–H and O–H groups in total. The Hall–Kier alpha value is -2.83. The minimum absolute atomic E-state index is 0.0401. The Morgan fingerprint density at radius 1 is 1.05 bits per heavy atom. The van der Waals surface area contributed by atoms with Crippen LogP contribution in [0, 0.1) is 15.9 Å². The average molecular weight is 307 g/mol. The third-order valence-electron chi connectivity index (χ3n) is 2.97. The van der Waals surface area contributed by atoms with Crippen LogP contribution in [0.5, 0.6) is 17.2 Å². The van der Waals surface area contributed by atoms with Gasteiger partial charge in [-0.25, -0.2) is 4.39 Å². The number of benzene rings is 2. The highest BCUT2D eigenvalue weighted by atomic mass is 19.1. The van der Waals surface area contributed by atoms with Gasteiger partial charge in [0.1, 0.15) is 6.61 Å². The molecule has 2 aromatic rings. The first-order valence-corrected chi connectivity index (χ1v) is 6.32. The average Bonchev–Trinajstić information content (AvgIpc) is 2.52. The molecule has 2 aromatic carbocycles. The number of non-ortho nitro benzene ring substituents is 1. The van der Waals surface area contributed by atoms with Crippen molar-refractivity contribution in [1.82, 2.24) is 0 Å². The zero-order valence-electron chi connectivity index (χ0n) is 12.0. The van der Waals surface area contributed by atoms with Crippen LogP contribution in [0.15, 0.2) is 36.4 Å². The van der Waals surface area contributed by atoms with Crippen LogP contribution in [-0.4, -0.2) is 19.1 Å². The van der Waals surface area contributed by atoms with Crippen molar-refractivity contribution >= 4 is 5.69 Å². The second kappa shape index (κ2) is 6.75. The van der Waals surface area contributed by atoms with Crippen LogP contribution in [0.3, 0.4) is 0 Å². The van der Waals surface area contributed by atoms with Gasteiger partial charge in [-0.1, -0.05) is 6.07 Å². The summed E-state index contributed by atoms with van der Waals surface area (Å²) >= 11 is 0. The van der Waals surface area contributed by atoms with Crippen LogP contribution >= 0.6 is 0 Å². The second-order valence-corrected chi connectivity index (χ2v) is 4.35. The monoisotopic (exact) mass is 307 g/mol. The Bertz CT molecular complexity index is 690. The van der Waals surface area contributed by atoms with Crippen molar-refractivity contribution < 1.29 is 23.5 Å². The molecule has 0 fully saturated rings. The number of rotatable bonds is 6. The number of hydrogen-bond donors (Lipinski definition) is 0. The second-order valence-electron chi connectivity index (χ2n) is 4.35. The zero-order valence-corrected chi connectivity index (χ0v) is 12.0. The number of ether oxygens (including phenoxy) is 3. The maximum atomic E-state index is 13.6. The standard InChI is InChI=1S/C15H14FNO5/c1-20-13-5-3-10(7-12(13)16)9-22-15-8-11(17(18)19)4-6-14(15)21-2/h3-8H,9H2,1-2H3. The molecule has 7 heteroatoms. The molecule has 0 aliphatic carbocycles. The molecule has 0 heterocycles. The molecule has 116 valence electrons. The van der Waals surface area contributed by atoms with Crippen LogP contribution < -0.4 is 14.2 Å². The molecule has 0 bridgehead atoms. The quantitative estimate of drug-likeness (QED) is 0.604. The zero-order chi connectivity index (χ0) is 16.1. The summed E-state index contributed by atoms with van der Waals surface area (Å²) in [5.74, 6) is 0.207. The molecular weight excluding hydrogens is 293 g/mol. The smallest absolute Gasteiger partial charge is 0.273 e. The summed E-state index contributed by atoms with van der Waals surface area (Å²) in [7, 11) is 2.81. The van der Waals surface area contributed by atoms with E-state index in [1.807, 2.05) is 0 Å². The summed E-state index contributed by atoms with van der Waals surface area (Å²) in [6.45, 7) is 0.0401. The summed E-state index contributed by atoms with van der Waals surface area (Å²) in [4.78, 5) is 10.3. The first-order valence-electron chi connectivity index (χ1n) is 6.32. The Kier molecular flexibility index (Phi) is 4.77. The number of hydrogen-bond acceptors (Lipinski definition) is 5. The normalized spacial score (nSPS) is 10.1. The first-order chi connectivity index (χ1) is 10.5. The number of nitrogens with zero attached hydrogens (tertiary/aromatic N) is 1. The van der Waals surface area contributed by atoms with Gasteiger partial charge in [0.2, 0.25) is 0 Å². The Morgan fingerprint density at radius 2 is 1.73 bits per heavy atom. The van der Waals surface area contributed by atoms with Crippen molar-refractivity contribution in [1.29, 1.82) is 0 Å². The van der Waals surface area contributed by atoms with Gasteiger partial charge in [0.05, 0.1) is 25.2 Å². The van der Waals surface area contributed by atoms with Crippen molar-refractivity contribution in [3.63, 3.8) is 0 Å². The maximum absolute atomic E-state index is 13.6. The van der Waals surface area contributed by atoms with E-state index in [0.29, 0.717) is 11.3 Å². The molecule has 6 nitrogen and oxygen atoms in total. The van der Waals surface area contributed by atoms with Crippen molar-refractivity contribution in [2.45, 2.75) is 6.61 Å². The summed E-state index contributed by atoms with van der Waals surface area (Å²) in [6, 6.07) is 8.44. The van der Waals surface area contributed by atoms with Crippen molar-refractivity contribution in [2.24, 2.45) is 0 Å². The summed E-state index contributed by atoms with van der Waals surface area (Å²) in [5.41, 5.74) is 0.448. The van der Waals surface area contributed by atoms with E-state index in [4.69, 9.17) is 14.2 Å². The van der Waals surface area contributed by atoms with Gasteiger partial charge in [-0.05, 0) is 23.8 Å². The highest BCUT2D eigenvalue weighted by Crippen LogP contribution is 2.32. The van der Waals surface area contributed by atoms with Crippen LogP contribution in [0.1, 0.15) is 5.56 Å². The largest absolute Gasteiger partial charge is 0.494 e. The van der Waals surface area contributed by atoms with Crippen molar-refractivity contribution in [3.8, 4) is 17.2 Å². The Balaban J connectivity index is 2.18. The van der Waals surface area contributed by atoms with Gasteiger partial charge < -0.3 is 14.2 Å². The summed E-state index contributed by atoms with van der Waals surface area (Å²) in [6.07, 6.45) is 0. The van der Waals surface area contributed by atoms with Crippen LogP contribution in [0.2, 0.25) is 0 Å². The lowest BCUT2D eigenvalue weighted by molar-refractivity contribution is -0.385. The molecule has 0 amide bonds. The minimum atomic E-state index is -0.528. The summed E-state index contributed by atoms with van der Waals surface area (Å²) in [5, 5.41) is 10.8. The number of nitro benzene ring substituents is 1. The number of methoxy groups -OCH3 is 2. The lowest BCUT2D eigenvalue weighted by Crippen LogP contribution is -2.00. The third kappa shape index (κ3) is 3.43. The molecular formula is C15H14FNO5. The molecule has 0 spiro atoms. The number of nitro groups is 1. The van der Waals surface area contributed by atoms with Crippen molar-refractivity contribution in [3.05, 3.63) is 57.9 Å². The molecule has 0 aromatic heterocycles. The molecule has 0 aliphatic heterocycles. The van der Waals surface area contributed by atoms with E-state index in [2.05, 4.69) is 0 Å². The highest BCUT2D eigenvalue weighted by molar-refractivity contribution is 5.48. The SMILES string of the molecule is COc1ccc(COc2cc([N+](=O)[O-])ccc2OC)cc1F. The molecule has 0 unspecified atom stereocenters. The van der Waals surface area contributed by atoms with Crippen LogP contribution in [0.25, 0.3) is 0 Å². The molecule has 0 atom stereocenters. The molecule has 0 saturated carbocycles. The van der Waals surface area contributed by atoms with E-state index in [0.717, 1.165) is 0 Å². The van der Waals surface area contributed by atoms with Gasteiger partial charge in [0.25, 0.3) is 5.69 Å². The van der Waals surface area contributed by atoms with Gasteiger partial charge in [0, 0.05) is 6.07 Å². The van der Waals surface area contributed by atoms with E-state index < -0.39 is 10.7 Å². The van der Waals surface area contributed by atoms with Gasteiger partial charge in [0.15, 0.2) is 23.1 Å².